The fraction of sp³-hybridized carbons (Fsp3) is 0.0345. The molecule has 1 aromatic heterocycles. The van der Waals surface area contributed by atoms with Crippen molar-refractivity contribution in [3.63, 3.8) is 0 Å². The van der Waals surface area contributed by atoms with E-state index in [4.69, 9.17) is 9.97 Å². The van der Waals surface area contributed by atoms with Crippen molar-refractivity contribution in [3.8, 4) is 44.8 Å². The van der Waals surface area contributed by atoms with Crippen LogP contribution in [0.5, 0.6) is 0 Å². The SMILES string of the molecule is Cc1cc(C)c2nc(-c3ccc(-c4ccc(N(c5ccccc5)c5ccccc5)cc4)cc3)c(-c3ccc(-c4ccc(N(c5ccccc5)c5ccccc5)cc4)cc3)nc2c1. The van der Waals surface area contributed by atoms with Crippen LogP contribution in [-0.2, 0) is 0 Å². The van der Waals surface area contributed by atoms with E-state index in [0.717, 1.165) is 95.5 Å². The van der Waals surface area contributed by atoms with Crippen molar-refractivity contribution in [2.75, 3.05) is 9.80 Å². The molecule has 0 amide bonds. The summed E-state index contributed by atoms with van der Waals surface area (Å²) in [5.41, 5.74) is 19.1. The summed E-state index contributed by atoms with van der Waals surface area (Å²) in [6, 6.07) is 81.4. The molecule has 4 heteroatoms. The van der Waals surface area contributed by atoms with E-state index in [1.165, 1.54) is 5.56 Å². The summed E-state index contributed by atoms with van der Waals surface area (Å²) in [4.78, 5) is 15.2. The van der Waals surface area contributed by atoms with Gasteiger partial charge in [-0.15, -0.1) is 0 Å². The molecular weight excluding hydrogens is 753 g/mol. The molecule has 0 spiro atoms. The Morgan fingerprint density at radius 2 is 0.581 bits per heavy atom. The molecular formula is C58H44N4. The Morgan fingerprint density at radius 1 is 0.290 bits per heavy atom. The molecule has 0 saturated carbocycles. The zero-order valence-electron chi connectivity index (χ0n) is 34.7. The van der Waals surface area contributed by atoms with Crippen molar-refractivity contribution >= 4 is 45.2 Å². The molecule has 62 heavy (non-hydrogen) atoms. The maximum atomic E-state index is 5.34. The average Bonchev–Trinajstić information content (AvgIpc) is 3.33. The molecule has 0 N–H and O–H groups in total. The molecule has 0 radical (unpaired) electrons. The van der Waals surface area contributed by atoms with Crippen LogP contribution in [0.25, 0.3) is 55.8 Å². The molecule has 0 saturated heterocycles. The van der Waals surface area contributed by atoms with Crippen molar-refractivity contribution in [1.82, 2.24) is 9.97 Å². The van der Waals surface area contributed by atoms with Gasteiger partial charge in [0.15, 0.2) is 0 Å². The van der Waals surface area contributed by atoms with Gasteiger partial charge in [0.05, 0.1) is 22.4 Å². The van der Waals surface area contributed by atoms with Crippen LogP contribution in [0.4, 0.5) is 34.1 Å². The highest BCUT2D eigenvalue weighted by Gasteiger charge is 2.17. The monoisotopic (exact) mass is 796 g/mol. The average molecular weight is 797 g/mol. The number of hydrogen-bond acceptors (Lipinski definition) is 4. The smallest absolute Gasteiger partial charge is 0.0973 e. The van der Waals surface area contributed by atoms with Crippen LogP contribution in [0.2, 0.25) is 0 Å². The predicted octanol–water partition coefficient (Wildman–Crippen LogP) is 15.9. The minimum Gasteiger partial charge on any atom is -0.311 e. The zero-order chi connectivity index (χ0) is 41.8. The van der Waals surface area contributed by atoms with E-state index in [0.29, 0.717) is 0 Å². The summed E-state index contributed by atoms with van der Waals surface area (Å²) in [7, 11) is 0. The normalized spacial score (nSPS) is 11.1. The van der Waals surface area contributed by atoms with E-state index >= 15 is 0 Å². The van der Waals surface area contributed by atoms with Crippen LogP contribution < -0.4 is 9.80 Å². The lowest BCUT2D eigenvalue weighted by molar-refractivity contribution is 1.26. The van der Waals surface area contributed by atoms with Gasteiger partial charge in [-0.2, -0.15) is 0 Å². The molecule has 0 bridgehead atoms. The van der Waals surface area contributed by atoms with Crippen LogP contribution in [0.15, 0.2) is 231 Å². The number of aromatic nitrogens is 2. The summed E-state index contributed by atoms with van der Waals surface area (Å²) in [5.74, 6) is 0. The van der Waals surface area contributed by atoms with E-state index in [-0.39, 0.29) is 0 Å². The third-order valence-electron chi connectivity index (χ3n) is 11.4. The number of rotatable bonds is 10. The highest BCUT2D eigenvalue weighted by Crippen LogP contribution is 2.39. The summed E-state index contributed by atoms with van der Waals surface area (Å²) in [5, 5.41) is 0. The molecule has 9 aromatic carbocycles. The first kappa shape index (κ1) is 38.1. The first-order valence-corrected chi connectivity index (χ1v) is 21.1. The lowest BCUT2D eigenvalue weighted by atomic mass is 9.97. The molecule has 0 aliphatic rings. The van der Waals surface area contributed by atoms with E-state index in [1.54, 1.807) is 0 Å². The lowest BCUT2D eigenvalue weighted by Crippen LogP contribution is -2.09. The highest BCUT2D eigenvalue weighted by molar-refractivity contribution is 5.89. The van der Waals surface area contributed by atoms with Gasteiger partial charge in [-0.05, 0) is 126 Å². The van der Waals surface area contributed by atoms with Gasteiger partial charge in [0.1, 0.15) is 0 Å². The molecule has 10 aromatic rings. The number of para-hydroxylation sites is 4. The molecule has 0 unspecified atom stereocenters. The molecule has 0 aliphatic carbocycles. The zero-order valence-corrected chi connectivity index (χ0v) is 34.7. The molecule has 0 atom stereocenters. The highest BCUT2D eigenvalue weighted by atomic mass is 15.1. The van der Waals surface area contributed by atoms with Crippen molar-refractivity contribution in [3.05, 3.63) is 242 Å². The van der Waals surface area contributed by atoms with E-state index in [2.05, 4.69) is 254 Å². The van der Waals surface area contributed by atoms with Crippen LogP contribution in [0, 0.1) is 13.8 Å². The number of anilines is 6. The largest absolute Gasteiger partial charge is 0.311 e. The standard InChI is InChI=1S/C58H44N4/c1-41-39-42(2)56-55(40-41)59-57(47-27-23-43(24-28-47)45-31-35-53(36-32-45)61(49-15-7-3-8-16-49)50-17-9-4-10-18-50)58(60-56)48-29-25-44(26-30-48)46-33-37-54(38-34-46)62(51-19-11-5-12-20-51)52-21-13-6-14-22-52/h3-40H,1-2H3. The van der Waals surface area contributed by atoms with E-state index in [9.17, 15) is 0 Å². The fourth-order valence-corrected chi connectivity index (χ4v) is 8.36. The van der Waals surface area contributed by atoms with Crippen LogP contribution in [0.1, 0.15) is 11.1 Å². The fourth-order valence-electron chi connectivity index (χ4n) is 8.36. The molecule has 296 valence electrons. The van der Waals surface area contributed by atoms with E-state index in [1.807, 2.05) is 0 Å². The Bertz CT molecular complexity index is 3000. The summed E-state index contributed by atoms with van der Waals surface area (Å²) in [6.45, 7) is 4.24. The second-order valence-electron chi connectivity index (χ2n) is 15.6. The Hall–Kier alpha value is -8.08. The van der Waals surface area contributed by atoms with Crippen LogP contribution in [-0.4, -0.2) is 9.97 Å². The van der Waals surface area contributed by atoms with Gasteiger partial charge in [0, 0.05) is 45.3 Å². The number of aryl methyl sites for hydroxylation is 2. The molecule has 10 rings (SSSR count). The van der Waals surface area contributed by atoms with Crippen LogP contribution in [0.3, 0.4) is 0 Å². The third-order valence-corrected chi connectivity index (χ3v) is 11.4. The lowest BCUT2D eigenvalue weighted by Gasteiger charge is -2.25. The van der Waals surface area contributed by atoms with Crippen molar-refractivity contribution in [2.24, 2.45) is 0 Å². The third kappa shape index (κ3) is 7.74. The van der Waals surface area contributed by atoms with E-state index < -0.39 is 0 Å². The Kier molecular flexibility index (Phi) is 10.4. The van der Waals surface area contributed by atoms with Gasteiger partial charge >= 0.3 is 0 Å². The van der Waals surface area contributed by atoms with Gasteiger partial charge < -0.3 is 9.80 Å². The quantitative estimate of drug-likeness (QED) is 0.138. The summed E-state index contributed by atoms with van der Waals surface area (Å²) < 4.78 is 0. The number of hydrogen-bond donors (Lipinski definition) is 0. The van der Waals surface area contributed by atoms with Gasteiger partial charge in [0.25, 0.3) is 0 Å². The first-order valence-electron chi connectivity index (χ1n) is 21.1. The minimum atomic E-state index is 0.866. The van der Waals surface area contributed by atoms with Gasteiger partial charge in [-0.25, -0.2) is 9.97 Å². The summed E-state index contributed by atoms with van der Waals surface area (Å²) >= 11 is 0. The van der Waals surface area contributed by atoms with Gasteiger partial charge in [-0.3, -0.25) is 0 Å². The number of benzene rings is 9. The topological polar surface area (TPSA) is 32.3 Å². The maximum Gasteiger partial charge on any atom is 0.0973 e. The molecule has 4 nitrogen and oxygen atoms in total. The predicted molar refractivity (Wildman–Crippen MR) is 260 cm³/mol. The Morgan fingerprint density at radius 3 is 0.935 bits per heavy atom. The van der Waals surface area contributed by atoms with Gasteiger partial charge in [-0.1, -0.05) is 152 Å². The Labute approximate surface area is 363 Å². The maximum absolute atomic E-state index is 5.34. The summed E-state index contributed by atoms with van der Waals surface area (Å²) in [6.07, 6.45) is 0. The Balaban J connectivity index is 0.957. The second-order valence-corrected chi connectivity index (χ2v) is 15.6. The van der Waals surface area contributed by atoms with Crippen molar-refractivity contribution < 1.29 is 0 Å². The molecule has 0 fully saturated rings. The molecule has 1 heterocycles. The molecule has 0 aliphatic heterocycles. The number of nitrogens with zero attached hydrogens (tertiary/aromatic N) is 4. The van der Waals surface area contributed by atoms with Gasteiger partial charge in [0.2, 0.25) is 0 Å². The van der Waals surface area contributed by atoms with Crippen molar-refractivity contribution in [2.45, 2.75) is 13.8 Å². The van der Waals surface area contributed by atoms with Crippen LogP contribution >= 0.6 is 0 Å². The number of fused-ring (bicyclic) bond motifs is 1. The second kappa shape index (κ2) is 16.9. The minimum absolute atomic E-state index is 0.866. The van der Waals surface area contributed by atoms with Crippen molar-refractivity contribution in [1.29, 1.82) is 0 Å². The first-order chi connectivity index (χ1) is 30.6.